The van der Waals surface area contributed by atoms with Crippen LogP contribution < -0.4 is 5.32 Å². The number of piperidine rings is 1. The minimum atomic E-state index is -3.57. The topological polar surface area (TPSA) is 84.3 Å². The summed E-state index contributed by atoms with van der Waals surface area (Å²) in [4.78, 5) is 13.0. The lowest BCUT2D eigenvalue weighted by atomic mass is 10.1. The zero-order valence-electron chi connectivity index (χ0n) is 17.7. The summed E-state index contributed by atoms with van der Waals surface area (Å²) >= 11 is 5.93. The summed E-state index contributed by atoms with van der Waals surface area (Å²) in [6.45, 7) is 2.94. The van der Waals surface area contributed by atoms with Crippen molar-refractivity contribution >= 4 is 33.3 Å². The van der Waals surface area contributed by atoms with Crippen LogP contribution in [0.4, 0.5) is 5.82 Å². The molecule has 0 spiro atoms. The Morgan fingerprint density at radius 2 is 1.81 bits per heavy atom. The first-order valence-corrected chi connectivity index (χ1v) is 12.4. The first-order chi connectivity index (χ1) is 15.3. The van der Waals surface area contributed by atoms with Crippen LogP contribution in [-0.4, -0.2) is 41.0 Å². The van der Waals surface area contributed by atoms with Gasteiger partial charge in [-0.25, -0.2) is 13.1 Å². The highest BCUT2D eigenvalue weighted by Gasteiger charge is 2.30. The monoisotopic (exact) mass is 472 g/mol. The van der Waals surface area contributed by atoms with Crippen molar-refractivity contribution in [1.29, 1.82) is 0 Å². The molecular weight excluding hydrogens is 448 g/mol. The third-order valence-corrected chi connectivity index (χ3v) is 7.95. The van der Waals surface area contributed by atoms with E-state index in [1.807, 2.05) is 19.1 Å². The highest BCUT2D eigenvalue weighted by Crippen LogP contribution is 2.25. The molecule has 1 aromatic heterocycles. The molecule has 1 N–H and O–H groups in total. The number of rotatable bonds is 6. The van der Waals surface area contributed by atoms with Crippen LogP contribution in [0, 0.1) is 0 Å². The number of amides is 1. The molecule has 0 saturated carbocycles. The van der Waals surface area contributed by atoms with E-state index >= 15 is 0 Å². The Kier molecular flexibility index (Phi) is 6.64. The van der Waals surface area contributed by atoms with Crippen molar-refractivity contribution in [3.05, 3.63) is 76.9 Å². The van der Waals surface area contributed by atoms with E-state index in [0.717, 1.165) is 24.8 Å². The summed E-state index contributed by atoms with van der Waals surface area (Å²) in [5.74, 6) is 0.210. The molecule has 1 atom stereocenters. The zero-order valence-corrected chi connectivity index (χ0v) is 19.3. The molecule has 9 heteroatoms. The standard InChI is InChI=1S/C23H25ClN4O3S/c1-17-4-2-3-15-28(17)32(30,31)21-11-7-19(8-12-21)23(29)26-22-13-14-25-27(22)16-18-5-9-20(24)10-6-18/h5-14,17H,2-4,15-16H2,1H3,(H,26,29). The lowest BCUT2D eigenvalue weighted by Crippen LogP contribution is -2.41. The zero-order chi connectivity index (χ0) is 22.7. The second-order valence-electron chi connectivity index (χ2n) is 7.94. The van der Waals surface area contributed by atoms with Gasteiger partial charge in [0.2, 0.25) is 10.0 Å². The number of nitrogens with zero attached hydrogens (tertiary/aromatic N) is 3. The van der Waals surface area contributed by atoms with E-state index in [2.05, 4.69) is 10.4 Å². The van der Waals surface area contributed by atoms with Crippen molar-refractivity contribution in [3.63, 3.8) is 0 Å². The lowest BCUT2D eigenvalue weighted by molar-refractivity contribution is 0.102. The highest BCUT2D eigenvalue weighted by molar-refractivity contribution is 7.89. The van der Waals surface area contributed by atoms with Gasteiger partial charge in [0.25, 0.3) is 5.91 Å². The van der Waals surface area contributed by atoms with Crippen LogP contribution in [0.1, 0.15) is 42.1 Å². The van der Waals surface area contributed by atoms with Crippen LogP contribution >= 0.6 is 11.6 Å². The van der Waals surface area contributed by atoms with Gasteiger partial charge in [-0.05, 0) is 61.7 Å². The molecule has 4 rings (SSSR count). The maximum absolute atomic E-state index is 13.0. The molecule has 1 unspecified atom stereocenters. The fraction of sp³-hybridized carbons (Fsp3) is 0.304. The number of anilines is 1. The third-order valence-electron chi connectivity index (χ3n) is 5.67. The third kappa shape index (κ3) is 4.87. The average Bonchev–Trinajstić information content (AvgIpc) is 3.22. The number of benzene rings is 2. The first-order valence-electron chi connectivity index (χ1n) is 10.5. The highest BCUT2D eigenvalue weighted by atomic mass is 35.5. The summed E-state index contributed by atoms with van der Waals surface area (Å²) < 4.78 is 29.2. The number of carbonyl (C=O) groups is 1. The smallest absolute Gasteiger partial charge is 0.256 e. The Morgan fingerprint density at radius 3 is 2.50 bits per heavy atom. The van der Waals surface area contributed by atoms with Gasteiger partial charge in [0, 0.05) is 29.2 Å². The van der Waals surface area contributed by atoms with Gasteiger partial charge in [0.15, 0.2) is 0 Å². The van der Waals surface area contributed by atoms with Crippen molar-refractivity contribution in [2.75, 3.05) is 11.9 Å². The summed E-state index contributed by atoms with van der Waals surface area (Å²) in [7, 11) is -3.57. The number of carbonyl (C=O) groups excluding carboxylic acids is 1. The summed E-state index contributed by atoms with van der Waals surface area (Å²) in [6.07, 6.45) is 4.39. The number of nitrogens with one attached hydrogen (secondary N) is 1. The van der Waals surface area contributed by atoms with Gasteiger partial charge in [-0.15, -0.1) is 0 Å². The number of sulfonamides is 1. The SMILES string of the molecule is CC1CCCCN1S(=O)(=O)c1ccc(C(=O)Nc2ccnn2Cc2ccc(Cl)cc2)cc1. The molecule has 1 saturated heterocycles. The number of hydrogen-bond donors (Lipinski definition) is 1. The van der Waals surface area contributed by atoms with Crippen LogP contribution in [0.3, 0.4) is 0 Å². The van der Waals surface area contributed by atoms with Crippen LogP contribution in [-0.2, 0) is 16.6 Å². The van der Waals surface area contributed by atoms with Gasteiger partial charge < -0.3 is 5.32 Å². The number of hydrogen-bond acceptors (Lipinski definition) is 4. The Morgan fingerprint density at radius 1 is 1.09 bits per heavy atom. The predicted molar refractivity (Wildman–Crippen MR) is 124 cm³/mol. The van der Waals surface area contributed by atoms with E-state index in [9.17, 15) is 13.2 Å². The lowest BCUT2D eigenvalue weighted by Gasteiger charge is -2.32. The van der Waals surface area contributed by atoms with Crippen molar-refractivity contribution in [2.24, 2.45) is 0 Å². The van der Waals surface area contributed by atoms with Crippen LogP contribution in [0.5, 0.6) is 0 Å². The molecular formula is C23H25ClN4O3S. The Hall–Kier alpha value is -2.68. The van der Waals surface area contributed by atoms with Crippen LogP contribution in [0.2, 0.25) is 5.02 Å². The van der Waals surface area contributed by atoms with E-state index in [4.69, 9.17) is 11.6 Å². The maximum atomic E-state index is 13.0. The van der Waals surface area contributed by atoms with E-state index < -0.39 is 10.0 Å². The van der Waals surface area contributed by atoms with Crippen LogP contribution in [0.15, 0.2) is 65.7 Å². The van der Waals surface area contributed by atoms with E-state index in [0.29, 0.717) is 29.5 Å². The fourth-order valence-corrected chi connectivity index (χ4v) is 5.68. The molecule has 0 radical (unpaired) electrons. The normalized spacial score (nSPS) is 17.2. The molecule has 1 aliphatic heterocycles. The molecule has 168 valence electrons. The Bertz CT molecular complexity index is 1190. The quantitative estimate of drug-likeness (QED) is 0.576. The average molecular weight is 473 g/mol. The van der Waals surface area contributed by atoms with Crippen molar-refractivity contribution < 1.29 is 13.2 Å². The van der Waals surface area contributed by atoms with Gasteiger partial charge in [0.1, 0.15) is 5.82 Å². The molecule has 1 aliphatic rings. The van der Waals surface area contributed by atoms with Gasteiger partial charge >= 0.3 is 0 Å². The van der Waals surface area contributed by atoms with E-state index in [-0.39, 0.29) is 16.8 Å². The molecule has 1 amide bonds. The molecule has 32 heavy (non-hydrogen) atoms. The van der Waals surface area contributed by atoms with Gasteiger partial charge in [-0.2, -0.15) is 9.40 Å². The van der Waals surface area contributed by atoms with Crippen LogP contribution in [0.25, 0.3) is 0 Å². The molecule has 2 aromatic carbocycles. The Labute approximate surface area is 193 Å². The molecule has 3 aromatic rings. The Balaban J connectivity index is 1.46. The summed E-state index contributed by atoms with van der Waals surface area (Å²) in [5, 5.41) is 7.77. The maximum Gasteiger partial charge on any atom is 0.256 e. The number of halogens is 1. The van der Waals surface area contributed by atoms with Gasteiger partial charge in [-0.1, -0.05) is 30.2 Å². The fourth-order valence-electron chi connectivity index (χ4n) is 3.86. The molecule has 1 fully saturated rings. The predicted octanol–water partition coefficient (Wildman–Crippen LogP) is 4.40. The van der Waals surface area contributed by atoms with E-state index in [1.165, 1.54) is 24.3 Å². The van der Waals surface area contributed by atoms with Crippen molar-refractivity contribution in [2.45, 2.75) is 43.7 Å². The minimum absolute atomic E-state index is 0.0161. The van der Waals surface area contributed by atoms with E-state index in [1.54, 1.807) is 33.4 Å². The molecule has 7 nitrogen and oxygen atoms in total. The first kappa shape index (κ1) is 22.5. The second kappa shape index (κ2) is 9.44. The van der Waals surface area contributed by atoms with Crippen molar-refractivity contribution in [1.82, 2.24) is 14.1 Å². The van der Waals surface area contributed by atoms with Gasteiger partial charge in [0.05, 0.1) is 17.6 Å². The second-order valence-corrected chi connectivity index (χ2v) is 10.3. The van der Waals surface area contributed by atoms with Gasteiger partial charge in [-0.3, -0.25) is 4.79 Å². The molecule has 2 heterocycles. The summed E-state index contributed by atoms with van der Waals surface area (Å²) in [6, 6.07) is 15.2. The minimum Gasteiger partial charge on any atom is -0.307 e. The van der Waals surface area contributed by atoms with Crippen molar-refractivity contribution in [3.8, 4) is 0 Å². The number of aromatic nitrogens is 2. The summed E-state index contributed by atoms with van der Waals surface area (Å²) in [5.41, 5.74) is 1.37. The largest absolute Gasteiger partial charge is 0.307 e. The molecule has 0 bridgehead atoms. The molecule has 0 aliphatic carbocycles.